The Kier molecular flexibility index (Phi) is 3.70. The van der Waals surface area contributed by atoms with Gasteiger partial charge in [-0.3, -0.25) is 29.8 Å². The number of aryl methyl sites for hydroxylation is 1. The number of nitro groups is 1. The minimum Gasteiger partial charge on any atom is -0.317 e. The van der Waals surface area contributed by atoms with Crippen molar-refractivity contribution in [3.63, 3.8) is 0 Å². The first-order valence-electron chi connectivity index (χ1n) is 6.21. The van der Waals surface area contributed by atoms with Crippen LogP contribution in [0.4, 0.5) is 5.69 Å². The summed E-state index contributed by atoms with van der Waals surface area (Å²) in [7, 11) is 0. The van der Waals surface area contributed by atoms with Gasteiger partial charge >= 0.3 is 0 Å². The molecule has 1 atom stereocenters. The van der Waals surface area contributed by atoms with E-state index in [1.54, 1.807) is 13.0 Å². The number of carbonyl (C=O) groups is 3. The number of hydrogen-bond donors (Lipinski definition) is 1. The number of amides is 3. The zero-order valence-electron chi connectivity index (χ0n) is 11.5. The van der Waals surface area contributed by atoms with Crippen LogP contribution in [0.5, 0.6) is 0 Å². The largest absolute Gasteiger partial charge is 0.317 e. The predicted octanol–water partition coefficient (Wildman–Crippen LogP) is 0.390. The van der Waals surface area contributed by atoms with Gasteiger partial charge < -0.3 is 4.90 Å². The van der Waals surface area contributed by atoms with E-state index in [0.29, 0.717) is 5.56 Å². The lowest BCUT2D eigenvalue weighted by atomic mass is 10.0. The average molecular weight is 291 g/mol. The molecule has 8 nitrogen and oxygen atoms in total. The van der Waals surface area contributed by atoms with Gasteiger partial charge in [0, 0.05) is 6.07 Å². The average Bonchev–Trinajstić information content (AvgIpc) is 2.41. The fourth-order valence-electron chi connectivity index (χ4n) is 2.19. The standard InChI is InChI=1S/C13H13N3O5/c1-7-4-3-5-9(16(20)21)11(7)13(19)15-6-10(17)14-12(18)8(15)2/h3-5,8H,6H2,1-2H3,(H,14,17,18). The van der Waals surface area contributed by atoms with Crippen LogP contribution in [-0.2, 0) is 9.59 Å². The maximum absolute atomic E-state index is 12.5. The lowest BCUT2D eigenvalue weighted by Gasteiger charge is -2.31. The summed E-state index contributed by atoms with van der Waals surface area (Å²) in [6.07, 6.45) is 0. The van der Waals surface area contributed by atoms with Gasteiger partial charge in [0.2, 0.25) is 11.8 Å². The maximum Gasteiger partial charge on any atom is 0.282 e. The smallest absolute Gasteiger partial charge is 0.282 e. The summed E-state index contributed by atoms with van der Waals surface area (Å²) in [5.41, 5.74) is -0.0256. The molecule has 21 heavy (non-hydrogen) atoms. The van der Waals surface area contributed by atoms with Gasteiger partial charge in [-0.25, -0.2) is 0 Å². The number of imide groups is 1. The first-order valence-corrected chi connectivity index (χ1v) is 6.21. The van der Waals surface area contributed by atoms with E-state index in [9.17, 15) is 24.5 Å². The Morgan fingerprint density at radius 3 is 2.71 bits per heavy atom. The molecule has 1 aliphatic rings. The van der Waals surface area contributed by atoms with Crippen LogP contribution in [0.3, 0.4) is 0 Å². The second-order valence-electron chi connectivity index (χ2n) is 4.75. The molecule has 1 aliphatic heterocycles. The normalized spacial score (nSPS) is 18.4. The molecule has 3 amide bonds. The van der Waals surface area contributed by atoms with E-state index in [2.05, 4.69) is 5.32 Å². The number of piperazine rings is 1. The van der Waals surface area contributed by atoms with E-state index < -0.39 is 28.7 Å². The molecule has 1 fully saturated rings. The van der Waals surface area contributed by atoms with Crippen molar-refractivity contribution in [2.75, 3.05) is 6.54 Å². The molecule has 110 valence electrons. The third-order valence-electron chi connectivity index (χ3n) is 3.35. The highest BCUT2D eigenvalue weighted by Crippen LogP contribution is 2.24. The van der Waals surface area contributed by atoms with Crippen LogP contribution in [-0.4, -0.2) is 40.1 Å². The number of rotatable bonds is 2. The fraction of sp³-hybridized carbons (Fsp3) is 0.308. The van der Waals surface area contributed by atoms with Gasteiger partial charge in [-0.1, -0.05) is 12.1 Å². The summed E-state index contributed by atoms with van der Waals surface area (Å²) in [6.45, 7) is 2.72. The van der Waals surface area contributed by atoms with Crippen LogP contribution in [0.15, 0.2) is 18.2 Å². The molecule has 1 saturated heterocycles. The molecule has 0 aliphatic carbocycles. The van der Waals surface area contributed by atoms with E-state index in [-0.39, 0.29) is 17.8 Å². The van der Waals surface area contributed by atoms with Crippen molar-refractivity contribution < 1.29 is 19.3 Å². The topological polar surface area (TPSA) is 110 Å². The molecule has 0 aromatic heterocycles. The van der Waals surface area contributed by atoms with Gasteiger partial charge in [0.05, 0.1) is 4.92 Å². The summed E-state index contributed by atoms with van der Waals surface area (Å²) < 4.78 is 0. The van der Waals surface area contributed by atoms with E-state index in [0.717, 1.165) is 4.90 Å². The van der Waals surface area contributed by atoms with Crippen molar-refractivity contribution in [3.8, 4) is 0 Å². The van der Waals surface area contributed by atoms with E-state index in [1.807, 2.05) is 0 Å². The fourth-order valence-corrected chi connectivity index (χ4v) is 2.19. The first kappa shape index (κ1) is 14.6. The van der Waals surface area contributed by atoms with Crippen LogP contribution >= 0.6 is 0 Å². The van der Waals surface area contributed by atoms with Crippen LogP contribution in [0.2, 0.25) is 0 Å². The summed E-state index contributed by atoms with van der Waals surface area (Å²) in [4.78, 5) is 47.0. The van der Waals surface area contributed by atoms with E-state index in [4.69, 9.17) is 0 Å². The highest BCUT2D eigenvalue weighted by Gasteiger charge is 2.36. The molecule has 0 spiro atoms. The van der Waals surface area contributed by atoms with Gasteiger partial charge in [-0.15, -0.1) is 0 Å². The van der Waals surface area contributed by atoms with Crippen molar-refractivity contribution in [2.24, 2.45) is 0 Å². The molecule has 0 radical (unpaired) electrons. The predicted molar refractivity (Wildman–Crippen MR) is 71.5 cm³/mol. The van der Waals surface area contributed by atoms with Crippen molar-refractivity contribution in [2.45, 2.75) is 19.9 Å². The molecule has 1 unspecified atom stereocenters. The number of carbonyl (C=O) groups excluding carboxylic acids is 3. The van der Waals surface area contributed by atoms with Gasteiger partial charge in [0.25, 0.3) is 11.6 Å². The quantitative estimate of drug-likeness (QED) is 0.481. The molecule has 8 heteroatoms. The Morgan fingerprint density at radius 2 is 2.10 bits per heavy atom. The van der Waals surface area contributed by atoms with Crippen molar-refractivity contribution in [1.29, 1.82) is 0 Å². The molecule has 1 aromatic rings. The van der Waals surface area contributed by atoms with Crippen molar-refractivity contribution in [3.05, 3.63) is 39.4 Å². The second kappa shape index (κ2) is 5.31. The molecular weight excluding hydrogens is 278 g/mol. The molecule has 1 heterocycles. The van der Waals surface area contributed by atoms with Crippen molar-refractivity contribution in [1.82, 2.24) is 10.2 Å². The molecule has 0 saturated carbocycles. The summed E-state index contributed by atoms with van der Waals surface area (Å²) in [5.74, 6) is -1.91. The monoisotopic (exact) mass is 291 g/mol. The third kappa shape index (κ3) is 2.60. The highest BCUT2D eigenvalue weighted by molar-refractivity contribution is 6.08. The number of nitrogens with one attached hydrogen (secondary N) is 1. The Bertz CT molecular complexity index is 655. The molecule has 0 bridgehead atoms. The Morgan fingerprint density at radius 1 is 1.43 bits per heavy atom. The van der Waals surface area contributed by atoms with Crippen LogP contribution in [0, 0.1) is 17.0 Å². The lowest BCUT2D eigenvalue weighted by molar-refractivity contribution is -0.385. The molecule has 2 rings (SSSR count). The second-order valence-corrected chi connectivity index (χ2v) is 4.75. The maximum atomic E-state index is 12.5. The molecule has 1 aromatic carbocycles. The number of nitro benzene ring substituents is 1. The first-order chi connectivity index (χ1) is 9.82. The van der Waals surface area contributed by atoms with Gasteiger partial charge in [0.1, 0.15) is 18.2 Å². The van der Waals surface area contributed by atoms with Crippen LogP contribution < -0.4 is 5.32 Å². The Balaban J connectivity index is 2.47. The van der Waals surface area contributed by atoms with Gasteiger partial charge in [-0.05, 0) is 19.4 Å². The number of benzene rings is 1. The van der Waals surface area contributed by atoms with Crippen LogP contribution in [0.1, 0.15) is 22.8 Å². The summed E-state index contributed by atoms with van der Waals surface area (Å²) in [5, 5.41) is 13.2. The third-order valence-corrected chi connectivity index (χ3v) is 3.35. The molecule has 1 N–H and O–H groups in total. The number of hydrogen-bond acceptors (Lipinski definition) is 5. The van der Waals surface area contributed by atoms with Crippen LogP contribution in [0.25, 0.3) is 0 Å². The summed E-state index contributed by atoms with van der Waals surface area (Å²) in [6, 6.07) is 3.39. The SMILES string of the molecule is Cc1cccc([N+](=O)[O-])c1C(=O)N1CC(=O)NC(=O)C1C. The van der Waals surface area contributed by atoms with E-state index in [1.165, 1.54) is 19.1 Å². The highest BCUT2D eigenvalue weighted by atomic mass is 16.6. The Hall–Kier alpha value is -2.77. The zero-order chi connectivity index (χ0) is 15.7. The minimum absolute atomic E-state index is 0.100. The molecular formula is C13H13N3O5. The minimum atomic E-state index is -0.866. The van der Waals surface area contributed by atoms with Gasteiger partial charge in [0.15, 0.2) is 0 Å². The van der Waals surface area contributed by atoms with E-state index >= 15 is 0 Å². The van der Waals surface area contributed by atoms with Gasteiger partial charge in [-0.2, -0.15) is 0 Å². The Labute approximate surface area is 119 Å². The zero-order valence-corrected chi connectivity index (χ0v) is 11.5. The lowest BCUT2D eigenvalue weighted by Crippen LogP contribution is -2.58. The summed E-state index contributed by atoms with van der Waals surface area (Å²) >= 11 is 0. The number of nitrogens with zero attached hydrogens (tertiary/aromatic N) is 2. The van der Waals surface area contributed by atoms with Crippen molar-refractivity contribution >= 4 is 23.4 Å².